The number of anilines is 2. The highest BCUT2D eigenvalue weighted by Gasteiger charge is 2.00. The zero-order valence-electron chi connectivity index (χ0n) is 11.2. The molecule has 0 aliphatic carbocycles. The molecule has 2 rings (SSSR count). The molecule has 0 unspecified atom stereocenters. The third-order valence-corrected chi connectivity index (χ3v) is 2.99. The largest absolute Gasteiger partial charge is 0.490 e. The third-order valence-electron chi connectivity index (χ3n) is 2.99. The summed E-state index contributed by atoms with van der Waals surface area (Å²) in [6, 6.07) is 15.9. The van der Waals surface area contributed by atoms with E-state index in [9.17, 15) is 0 Å². The first-order chi connectivity index (χ1) is 9.31. The van der Waals surface area contributed by atoms with Gasteiger partial charge in [-0.2, -0.15) is 0 Å². The zero-order chi connectivity index (χ0) is 13.5. The lowest BCUT2D eigenvalue weighted by Gasteiger charge is -2.12. The van der Waals surface area contributed by atoms with E-state index < -0.39 is 0 Å². The second-order valence-corrected chi connectivity index (χ2v) is 4.32. The number of para-hydroxylation sites is 3. The van der Waals surface area contributed by atoms with Gasteiger partial charge in [0, 0.05) is 12.2 Å². The Hall–Kier alpha value is -2.16. The fraction of sp³-hybridized carbons (Fsp3) is 0.250. The molecule has 2 aromatic carbocycles. The summed E-state index contributed by atoms with van der Waals surface area (Å²) in [5.41, 5.74) is 8.99. The second kappa shape index (κ2) is 6.69. The van der Waals surface area contributed by atoms with Gasteiger partial charge < -0.3 is 15.8 Å². The van der Waals surface area contributed by atoms with Crippen molar-refractivity contribution < 1.29 is 4.74 Å². The van der Waals surface area contributed by atoms with Gasteiger partial charge in [-0.25, -0.2) is 0 Å². The number of aryl methyl sites for hydroxylation is 1. The Kier molecular flexibility index (Phi) is 4.67. The predicted molar refractivity (Wildman–Crippen MR) is 80.7 cm³/mol. The van der Waals surface area contributed by atoms with Crippen molar-refractivity contribution in [3.05, 3.63) is 54.1 Å². The van der Waals surface area contributed by atoms with Crippen molar-refractivity contribution in [2.75, 3.05) is 24.2 Å². The van der Waals surface area contributed by atoms with Crippen molar-refractivity contribution in [3.63, 3.8) is 0 Å². The number of nitrogen functional groups attached to an aromatic ring is 1. The molecule has 3 N–H and O–H groups in total. The topological polar surface area (TPSA) is 47.3 Å². The monoisotopic (exact) mass is 256 g/mol. The normalized spacial score (nSPS) is 10.2. The fourth-order valence-electron chi connectivity index (χ4n) is 1.96. The minimum Gasteiger partial charge on any atom is -0.490 e. The molecule has 0 aliphatic heterocycles. The van der Waals surface area contributed by atoms with Crippen LogP contribution in [0.5, 0.6) is 5.75 Å². The van der Waals surface area contributed by atoms with Gasteiger partial charge >= 0.3 is 0 Å². The summed E-state index contributed by atoms with van der Waals surface area (Å²) in [5.74, 6) is 0.744. The highest BCUT2D eigenvalue weighted by molar-refractivity contribution is 5.52. The van der Waals surface area contributed by atoms with Crippen LogP contribution in [0, 0.1) is 0 Å². The minimum atomic E-state index is 0.590. The maximum Gasteiger partial charge on any atom is 0.142 e. The average molecular weight is 256 g/mol. The van der Waals surface area contributed by atoms with Gasteiger partial charge in [-0.3, -0.25) is 0 Å². The lowest BCUT2D eigenvalue weighted by molar-refractivity contribution is 0.334. The smallest absolute Gasteiger partial charge is 0.142 e. The summed E-state index contributed by atoms with van der Waals surface area (Å²) >= 11 is 0. The Morgan fingerprint density at radius 3 is 2.58 bits per heavy atom. The Balaban J connectivity index is 1.83. The van der Waals surface area contributed by atoms with Crippen LogP contribution in [0.4, 0.5) is 11.4 Å². The van der Waals surface area contributed by atoms with Crippen LogP contribution >= 0.6 is 0 Å². The zero-order valence-corrected chi connectivity index (χ0v) is 11.2. The molecular weight excluding hydrogens is 236 g/mol. The molecule has 0 atom stereocenters. The molecule has 0 saturated carbocycles. The van der Waals surface area contributed by atoms with E-state index in [2.05, 4.69) is 30.4 Å². The predicted octanol–water partition coefficient (Wildman–Crippen LogP) is 3.32. The quantitative estimate of drug-likeness (QED) is 0.615. The van der Waals surface area contributed by atoms with Gasteiger partial charge in [0.05, 0.1) is 5.69 Å². The summed E-state index contributed by atoms with van der Waals surface area (Å²) in [6.07, 6.45) is 1.02. The summed E-state index contributed by atoms with van der Waals surface area (Å²) in [6.45, 7) is 3.50. The van der Waals surface area contributed by atoms with Gasteiger partial charge in [0.25, 0.3) is 0 Å². The molecule has 0 spiro atoms. The van der Waals surface area contributed by atoms with Crippen LogP contribution in [0.15, 0.2) is 48.5 Å². The molecular formula is C16H20N2O. The van der Waals surface area contributed by atoms with Gasteiger partial charge in [0.15, 0.2) is 0 Å². The van der Waals surface area contributed by atoms with Crippen LogP contribution < -0.4 is 15.8 Å². The lowest BCUT2D eigenvalue weighted by atomic mass is 10.1. The van der Waals surface area contributed by atoms with Crippen molar-refractivity contribution in [1.82, 2.24) is 0 Å². The number of benzene rings is 2. The maximum atomic E-state index is 5.81. The van der Waals surface area contributed by atoms with E-state index in [1.807, 2.05) is 30.3 Å². The molecule has 0 fully saturated rings. The molecule has 0 aliphatic rings. The number of rotatable bonds is 6. The number of nitrogens with two attached hydrogens (primary N) is 1. The van der Waals surface area contributed by atoms with Gasteiger partial charge in [-0.15, -0.1) is 0 Å². The highest BCUT2D eigenvalue weighted by atomic mass is 16.5. The van der Waals surface area contributed by atoms with Crippen LogP contribution in [0.25, 0.3) is 0 Å². The van der Waals surface area contributed by atoms with Gasteiger partial charge in [0.1, 0.15) is 12.4 Å². The van der Waals surface area contributed by atoms with Crippen molar-refractivity contribution in [3.8, 4) is 5.75 Å². The van der Waals surface area contributed by atoms with Crippen molar-refractivity contribution in [2.24, 2.45) is 0 Å². The molecule has 0 amide bonds. The molecule has 0 bridgehead atoms. The lowest BCUT2D eigenvalue weighted by Crippen LogP contribution is -2.13. The second-order valence-electron chi connectivity index (χ2n) is 4.32. The molecule has 2 aromatic rings. The number of hydrogen-bond acceptors (Lipinski definition) is 3. The third kappa shape index (κ3) is 3.65. The van der Waals surface area contributed by atoms with Crippen LogP contribution in [0.1, 0.15) is 12.5 Å². The summed E-state index contributed by atoms with van der Waals surface area (Å²) in [7, 11) is 0. The summed E-state index contributed by atoms with van der Waals surface area (Å²) < 4.78 is 5.64. The van der Waals surface area contributed by atoms with Crippen molar-refractivity contribution in [1.29, 1.82) is 0 Å². The number of nitrogens with one attached hydrogen (secondary N) is 1. The highest BCUT2D eigenvalue weighted by Crippen LogP contribution is 2.19. The Morgan fingerprint density at radius 2 is 1.79 bits per heavy atom. The van der Waals surface area contributed by atoms with E-state index in [1.54, 1.807) is 0 Å². The van der Waals surface area contributed by atoms with E-state index in [-0.39, 0.29) is 0 Å². The van der Waals surface area contributed by atoms with Gasteiger partial charge in [0.2, 0.25) is 0 Å². The average Bonchev–Trinajstić information content (AvgIpc) is 2.45. The van der Waals surface area contributed by atoms with Crippen LogP contribution in [-0.4, -0.2) is 13.2 Å². The van der Waals surface area contributed by atoms with E-state index in [0.29, 0.717) is 12.3 Å². The van der Waals surface area contributed by atoms with Crippen molar-refractivity contribution >= 4 is 11.4 Å². The molecule has 19 heavy (non-hydrogen) atoms. The summed E-state index contributed by atoms with van der Waals surface area (Å²) in [4.78, 5) is 0. The molecule has 0 heterocycles. The standard InChI is InChI=1S/C16H20N2O/c1-2-13-7-3-5-9-15(13)18-11-12-19-16-10-6-4-8-14(16)17/h3-10,18H,2,11-12,17H2,1H3. The molecule has 100 valence electrons. The Bertz CT molecular complexity index is 526. The van der Waals surface area contributed by atoms with Crippen LogP contribution in [-0.2, 0) is 6.42 Å². The summed E-state index contributed by atoms with van der Waals surface area (Å²) in [5, 5.41) is 3.39. The number of hydrogen-bond donors (Lipinski definition) is 2. The first-order valence-corrected chi connectivity index (χ1v) is 6.60. The van der Waals surface area contributed by atoms with Crippen molar-refractivity contribution in [2.45, 2.75) is 13.3 Å². The molecule has 0 radical (unpaired) electrons. The maximum absolute atomic E-state index is 5.81. The minimum absolute atomic E-state index is 0.590. The fourth-order valence-corrected chi connectivity index (χ4v) is 1.96. The van der Waals surface area contributed by atoms with E-state index in [4.69, 9.17) is 10.5 Å². The molecule has 3 nitrogen and oxygen atoms in total. The van der Waals surface area contributed by atoms with Crippen LogP contribution in [0.3, 0.4) is 0 Å². The molecule has 0 saturated heterocycles. The van der Waals surface area contributed by atoms with E-state index in [0.717, 1.165) is 18.7 Å². The Labute approximate surface area is 114 Å². The van der Waals surface area contributed by atoms with E-state index in [1.165, 1.54) is 11.3 Å². The van der Waals surface area contributed by atoms with Gasteiger partial charge in [-0.05, 0) is 30.2 Å². The molecule has 0 aromatic heterocycles. The van der Waals surface area contributed by atoms with Gasteiger partial charge in [-0.1, -0.05) is 37.3 Å². The first-order valence-electron chi connectivity index (χ1n) is 6.60. The molecule has 3 heteroatoms. The Morgan fingerprint density at radius 1 is 1.05 bits per heavy atom. The van der Waals surface area contributed by atoms with E-state index >= 15 is 0 Å². The number of ether oxygens (including phenoxy) is 1. The van der Waals surface area contributed by atoms with Crippen LogP contribution in [0.2, 0.25) is 0 Å². The first kappa shape index (κ1) is 13.3. The SMILES string of the molecule is CCc1ccccc1NCCOc1ccccc1N.